The third kappa shape index (κ3) is 15.5. The Morgan fingerprint density at radius 1 is 0.547 bits per heavy atom. The molecule has 12 rings (SSSR count). The fourth-order valence-corrected chi connectivity index (χ4v) is 12.2. The van der Waals surface area contributed by atoms with Gasteiger partial charge >= 0.3 is 18.0 Å². The van der Waals surface area contributed by atoms with Gasteiger partial charge in [-0.25, -0.2) is 64.4 Å². The Balaban J connectivity index is 0.000000149. The molecular formula is C56H53BrCl3F8N15O3. The summed E-state index contributed by atoms with van der Waals surface area (Å²) in [5.41, 5.74) is 1.89. The number of alkyl halides is 4. The van der Waals surface area contributed by atoms with Crippen LogP contribution < -0.4 is 24.0 Å². The molecule has 2 saturated heterocycles. The zero-order chi connectivity index (χ0) is 60.8. The zero-order valence-corrected chi connectivity index (χ0v) is 49.6. The molecule has 454 valence electrons. The van der Waals surface area contributed by atoms with Crippen LogP contribution in [-0.2, 0) is 25.9 Å². The van der Waals surface area contributed by atoms with Crippen LogP contribution in [-0.4, -0.2) is 103 Å². The van der Waals surface area contributed by atoms with Crippen molar-refractivity contribution in [2.24, 2.45) is 35.5 Å². The topological polar surface area (TPSA) is 178 Å². The number of fused-ring (bicyclic) bond motifs is 4. The van der Waals surface area contributed by atoms with E-state index in [1.165, 1.54) is 47.1 Å². The maximum Gasteiger partial charge on any atom is 0.325 e. The minimum Gasteiger partial charge on any atom is -0.424 e. The van der Waals surface area contributed by atoms with Crippen LogP contribution in [0.1, 0.15) is 48.7 Å². The van der Waals surface area contributed by atoms with Gasteiger partial charge in [0.1, 0.15) is 78.4 Å². The molecule has 18 nitrogen and oxygen atoms in total. The highest BCUT2D eigenvalue weighted by Gasteiger charge is 2.44. The van der Waals surface area contributed by atoms with E-state index in [2.05, 4.69) is 75.9 Å². The molecule has 4 bridgehead atoms. The molecule has 5 aromatic heterocycles. The van der Waals surface area contributed by atoms with Crippen molar-refractivity contribution < 1.29 is 49.3 Å². The summed E-state index contributed by atoms with van der Waals surface area (Å²) in [6.07, 6.45) is 5.25. The second kappa shape index (κ2) is 27.6. The number of aromatic nitrogens is 13. The van der Waals surface area contributed by atoms with Crippen molar-refractivity contribution in [3.63, 3.8) is 0 Å². The largest absolute Gasteiger partial charge is 0.424 e. The molecular weight excluding hydrogens is 1270 g/mol. The van der Waals surface area contributed by atoms with E-state index in [1.807, 2.05) is 26.0 Å². The molecule has 0 spiro atoms. The van der Waals surface area contributed by atoms with E-state index in [0.717, 1.165) is 103 Å². The molecule has 0 radical (unpaired) electrons. The molecule has 4 unspecified atom stereocenters. The number of halogens is 12. The van der Waals surface area contributed by atoms with Crippen LogP contribution in [0.5, 0.6) is 35.3 Å². The smallest absolute Gasteiger partial charge is 0.325 e. The van der Waals surface area contributed by atoms with Crippen molar-refractivity contribution in [1.29, 1.82) is 0 Å². The van der Waals surface area contributed by atoms with Gasteiger partial charge in [0.25, 0.3) is 12.9 Å². The lowest BCUT2D eigenvalue weighted by molar-refractivity contribution is 0.117. The molecule has 7 heterocycles. The Labute approximate surface area is 510 Å². The summed E-state index contributed by atoms with van der Waals surface area (Å²) in [7, 11) is 0. The van der Waals surface area contributed by atoms with Gasteiger partial charge in [-0.1, -0.05) is 34.8 Å². The molecule has 30 heteroatoms. The highest BCUT2D eigenvalue weighted by atomic mass is 79.9. The van der Waals surface area contributed by atoms with E-state index in [-0.39, 0.29) is 49.3 Å². The fraction of sp³-hybridized carbons (Fsp3) is 0.393. The van der Waals surface area contributed by atoms with Gasteiger partial charge in [0.2, 0.25) is 4.73 Å². The van der Waals surface area contributed by atoms with Crippen LogP contribution in [0.15, 0.2) is 90.4 Å². The van der Waals surface area contributed by atoms with Crippen molar-refractivity contribution in [1.82, 2.24) is 64.2 Å². The molecule has 0 amide bonds. The highest BCUT2D eigenvalue weighted by Crippen LogP contribution is 2.46. The van der Waals surface area contributed by atoms with Crippen LogP contribution in [0.25, 0.3) is 6.20 Å². The molecule has 0 N–H and O–H groups in total. The first kappa shape index (κ1) is 61.8. The molecule has 4 aliphatic rings. The van der Waals surface area contributed by atoms with E-state index in [4.69, 9.17) is 49.0 Å². The van der Waals surface area contributed by atoms with E-state index in [0.29, 0.717) is 72.1 Å². The number of aryl methyl sites for hydroxylation is 2. The SMILES string of the molecule is Cc1cc(N2CC3CCC(C2)C3Cc2nc(Oc3ccc(F)c(Cl)c3)n(C=CF)n2)ncn1.Cc1cc(N2CC3CCC(C2)C3Cc2nc(Oc3ccc(F)c(Cl)c3)n(CC(F)F)n2)ncn1.Fc1ccc(Oc2nc(Br)nn2CC(F)F)cc1Cl. The molecule has 8 aromatic rings. The van der Waals surface area contributed by atoms with Gasteiger partial charge < -0.3 is 24.0 Å². The average molecular weight is 1320 g/mol. The van der Waals surface area contributed by atoms with Crippen LogP contribution in [0, 0.1) is 66.8 Å². The van der Waals surface area contributed by atoms with Crippen LogP contribution in [0.3, 0.4) is 0 Å². The molecule has 2 aliphatic heterocycles. The average Bonchev–Trinajstić information content (AvgIpc) is 2.06. The van der Waals surface area contributed by atoms with Crippen LogP contribution in [0.4, 0.5) is 46.8 Å². The normalized spacial score (nSPS) is 19.7. The van der Waals surface area contributed by atoms with Crippen molar-refractivity contribution >= 4 is 68.6 Å². The second-order valence-corrected chi connectivity index (χ2v) is 22.9. The minimum absolute atomic E-state index is 0.0563. The molecule has 3 aromatic carbocycles. The summed E-state index contributed by atoms with van der Waals surface area (Å²) < 4.78 is 124. The van der Waals surface area contributed by atoms with Crippen molar-refractivity contribution in [2.45, 2.75) is 78.3 Å². The number of piperidine rings is 2. The van der Waals surface area contributed by atoms with E-state index >= 15 is 0 Å². The van der Waals surface area contributed by atoms with E-state index < -0.39 is 43.4 Å². The first-order valence-electron chi connectivity index (χ1n) is 27.1. The maximum atomic E-state index is 13.5. The summed E-state index contributed by atoms with van der Waals surface area (Å²) >= 11 is 20.2. The quantitative estimate of drug-likeness (QED) is 0.0786. The van der Waals surface area contributed by atoms with Gasteiger partial charge in [0.15, 0.2) is 11.6 Å². The summed E-state index contributed by atoms with van der Waals surface area (Å²) in [5.74, 6) is 4.56. The molecule has 4 fully saturated rings. The van der Waals surface area contributed by atoms with Gasteiger partial charge in [-0.15, -0.1) is 10.2 Å². The van der Waals surface area contributed by atoms with Gasteiger partial charge in [0.05, 0.1) is 21.3 Å². The Morgan fingerprint density at radius 3 is 1.35 bits per heavy atom. The molecule has 86 heavy (non-hydrogen) atoms. The van der Waals surface area contributed by atoms with Crippen molar-refractivity contribution in [3.05, 3.63) is 146 Å². The first-order chi connectivity index (χ1) is 41.3. The number of ether oxygens (including phenoxy) is 3. The third-order valence-corrected chi connectivity index (χ3v) is 16.4. The lowest BCUT2D eigenvalue weighted by atomic mass is 9.82. The van der Waals surface area contributed by atoms with E-state index in [9.17, 15) is 35.1 Å². The lowest BCUT2D eigenvalue weighted by Crippen LogP contribution is -2.43. The Hall–Kier alpha value is -7.23. The third-order valence-electron chi connectivity index (χ3n) is 15.2. The summed E-state index contributed by atoms with van der Waals surface area (Å²) in [6, 6.07) is 15.3. The lowest BCUT2D eigenvalue weighted by Gasteiger charge is -2.38. The minimum atomic E-state index is -2.62. The summed E-state index contributed by atoms with van der Waals surface area (Å²) in [5, 5.41) is 12.1. The zero-order valence-electron chi connectivity index (χ0n) is 45.7. The van der Waals surface area contributed by atoms with E-state index in [1.54, 1.807) is 12.7 Å². The fourth-order valence-electron chi connectivity index (χ4n) is 11.4. The predicted molar refractivity (Wildman–Crippen MR) is 305 cm³/mol. The van der Waals surface area contributed by atoms with Gasteiger partial charge in [-0.3, -0.25) is 0 Å². The highest BCUT2D eigenvalue weighted by molar-refractivity contribution is 9.10. The number of nitrogens with zero attached hydrogens (tertiary/aromatic N) is 15. The van der Waals surface area contributed by atoms with Crippen molar-refractivity contribution in [2.75, 3.05) is 36.0 Å². The first-order valence-corrected chi connectivity index (χ1v) is 29.0. The molecule has 2 aliphatic carbocycles. The van der Waals surface area contributed by atoms with Gasteiger partial charge in [0, 0.05) is 80.7 Å². The van der Waals surface area contributed by atoms with Gasteiger partial charge in [-0.05, 0) is 127 Å². The van der Waals surface area contributed by atoms with Crippen LogP contribution in [0.2, 0.25) is 15.1 Å². The number of rotatable bonds is 17. The number of benzene rings is 3. The Bertz CT molecular complexity index is 3650. The Kier molecular flexibility index (Phi) is 19.9. The number of hydrogen-bond acceptors (Lipinski definition) is 15. The van der Waals surface area contributed by atoms with Gasteiger partial charge in [-0.2, -0.15) is 24.7 Å². The van der Waals surface area contributed by atoms with Crippen molar-refractivity contribution in [3.8, 4) is 35.3 Å². The number of hydrogen-bond donors (Lipinski definition) is 0. The monoisotopic (exact) mass is 1320 g/mol. The van der Waals surface area contributed by atoms with Crippen LogP contribution >= 0.6 is 50.7 Å². The predicted octanol–water partition coefficient (Wildman–Crippen LogP) is 13.9. The maximum absolute atomic E-state index is 13.5. The molecule has 4 atom stereocenters. The molecule has 2 saturated carbocycles. The number of anilines is 2. The summed E-state index contributed by atoms with van der Waals surface area (Å²) in [4.78, 5) is 34.6. The Morgan fingerprint density at radius 2 is 0.942 bits per heavy atom. The standard InChI is InChI=1S/C23H24ClF3N6O.C23H23ClF2N6O.C10H6BrClF3N3O/c1-13-6-22(29-12-28-13)32-9-14-2-3-15(10-32)17(14)8-21-30-23(33(31-21)11-20(26)27)34-16-4-5-19(25)18(24)7-16;1-14-8-22(28-13-27-14)31-11-15-2-3-16(12-31)18(15)10-21-29-23(32(30-21)7-6-25)33-17-4-5-20(26)19(24)9-17;11-9-16-10(18(17-9)4-8(14)15)19-5-1-2-7(13)6(12)3-5/h4-7,12,14-15,17,20H,2-3,8-11H2,1H3;4-9,13,15-16,18H,2-3,10-12H2,1H3;1-3,8H,4H2. The second-order valence-electron chi connectivity index (χ2n) is 21.0. The summed E-state index contributed by atoms with van der Waals surface area (Å²) in [6.45, 7) is 6.24.